The standard InChI is InChI=1S/C11H22N2/c1-3-11(4-2)5-6-13(9-11)10-7-12-8-10/h10,12H,3-9H2,1-2H3. The molecule has 2 aliphatic rings. The number of nitrogens with zero attached hydrogens (tertiary/aromatic N) is 1. The van der Waals surface area contributed by atoms with Crippen LogP contribution in [0.1, 0.15) is 33.1 Å². The summed E-state index contributed by atoms with van der Waals surface area (Å²) in [7, 11) is 0. The second kappa shape index (κ2) is 3.58. The summed E-state index contributed by atoms with van der Waals surface area (Å²) in [6.07, 6.45) is 4.15. The number of nitrogens with one attached hydrogen (secondary N) is 1. The average molecular weight is 182 g/mol. The zero-order chi connectivity index (χ0) is 9.31. The molecule has 2 heterocycles. The zero-order valence-corrected chi connectivity index (χ0v) is 8.97. The lowest BCUT2D eigenvalue weighted by Crippen LogP contribution is -2.56. The van der Waals surface area contributed by atoms with Crippen LogP contribution in [0.2, 0.25) is 0 Å². The van der Waals surface area contributed by atoms with Crippen molar-refractivity contribution in [1.29, 1.82) is 0 Å². The molecule has 0 amide bonds. The maximum atomic E-state index is 3.36. The van der Waals surface area contributed by atoms with Crippen molar-refractivity contribution in [2.24, 2.45) is 5.41 Å². The van der Waals surface area contributed by atoms with Crippen molar-refractivity contribution in [3.63, 3.8) is 0 Å². The van der Waals surface area contributed by atoms with E-state index >= 15 is 0 Å². The molecule has 2 heteroatoms. The van der Waals surface area contributed by atoms with Gasteiger partial charge in [0.1, 0.15) is 0 Å². The maximum Gasteiger partial charge on any atom is 0.0345 e. The van der Waals surface area contributed by atoms with Crippen molar-refractivity contribution >= 4 is 0 Å². The molecule has 1 N–H and O–H groups in total. The first-order chi connectivity index (χ1) is 6.29. The van der Waals surface area contributed by atoms with Gasteiger partial charge in [-0.3, -0.25) is 4.90 Å². The largest absolute Gasteiger partial charge is 0.314 e. The Morgan fingerprint density at radius 2 is 2.00 bits per heavy atom. The van der Waals surface area contributed by atoms with Gasteiger partial charge < -0.3 is 5.32 Å². The lowest BCUT2D eigenvalue weighted by Gasteiger charge is -2.37. The lowest BCUT2D eigenvalue weighted by atomic mass is 9.82. The van der Waals surface area contributed by atoms with Gasteiger partial charge in [-0.25, -0.2) is 0 Å². The molecule has 0 aromatic carbocycles. The molecule has 0 radical (unpaired) electrons. The quantitative estimate of drug-likeness (QED) is 0.711. The summed E-state index contributed by atoms with van der Waals surface area (Å²) in [5.41, 5.74) is 0.662. The van der Waals surface area contributed by atoms with Crippen LogP contribution < -0.4 is 5.32 Å². The Hall–Kier alpha value is -0.0800. The number of hydrogen-bond acceptors (Lipinski definition) is 2. The van der Waals surface area contributed by atoms with Gasteiger partial charge in [-0.05, 0) is 31.2 Å². The third kappa shape index (κ3) is 1.62. The van der Waals surface area contributed by atoms with Gasteiger partial charge in [0, 0.05) is 25.7 Å². The van der Waals surface area contributed by atoms with Crippen LogP contribution in [0, 0.1) is 5.41 Å². The Morgan fingerprint density at radius 1 is 1.31 bits per heavy atom. The van der Waals surface area contributed by atoms with E-state index < -0.39 is 0 Å². The molecule has 76 valence electrons. The van der Waals surface area contributed by atoms with E-state index in [2.05, 4.69) is 24.1 Å². The molecule has 2 aliphatic heterocycles. The van der Waals surface area contributed by atoms with Gasteiger partial charge >= 0.3 is 0 Å². The molecular formula is C11H22N2. The minimum absolute atomic E-state index is 0.662. The Balaban J connectivity index is 1.91. The van der Waals surface area contributed by atoms with Crippen molar-refractivity contribution in [3.8, 4) is 0 Å². The van der Waals surface area contributed by atoms with E-state index in [1.54, 1.807) is 0 Å². The monoisotopic (exact) mass is 182 g/mol. The van der Waals surface area contributed by atoms with Crippen LogP contribution in [0.25, 0.3) is 0 Å². The smallest absolute Gasteiger partial charge is 0.0345 e. The van der Waals surface area contributed by atoms with E-state index in [1.807, 2.05) is 0 Å². The first-order valence-corrected chi connectivity index (χ1v) is 5.74. The van der Waals surface area contributed by atoms with Crippen LogP contribution in [-0.2, 0) is 0 Å². The Morgan fingerprint density at radius 3 is 2.38 bits per heavy atom. The molecule has 13 heavy (non-hydrogen) atoms. The van der Waals surface area contributed by atoms with Crippen molar-refractivity contribution in [2.75, 3.05) is 26.2 Å². The number of hydrogen-bond donors (Lipinski definition) is 1. The van der Waals surface area contributed by atoms with E-state index in [4.69, 9.17) is 0 Å². The topological polar surface area (TPSA) is 15.3 Å². The van der Waals surface area contributed by atoms with E-state index in [9.17, 15) is 0 Å². The summed E-state index contributed by atoms with van der Waals surface area (Å²) in [5, 5.41) is 3.36. The number of likely N-dealkylation sites (tertiary alicyclic amines) is 1. The summed E-state index contributed by atoms with van der Waals surface area (Å²) in [4.78, 5) is 2.70. The molecule has 0 atom stereocenters. The molecule has 2 fully saturated rings. The van der Waals surface area contributed by atoms with Gasteiger partial charge in [-0.2, -0.15) is 0 Å². The normalized spacial score (nSPS) is 29.1. The number of rotatable bonds is 3. The zero-order valence-electron chi connectivity index (χ0n) is 8.97. The third-order valence-corrected chi connectivity index (χ3v) is 4.24. The fourth-order valence-electron chi connectivity index (χ4n) is 2.64. The van der Waals surface area contributed by atoms with Crippen LogP contribution in [0.15, 0.2) is 0 Å². The molecule has 0 aromatic rings. The molecule has 0 bridgehead atoms. The molecule has 0 aliphatic carbocycles. The van der Waals surface area contributed by atoms with Gasteiger partial charge in [0.25, 0.3) is 0 Å². The van der Waals surface area contributed by atoms with Gasteiger partial charge in [0.2, 0.25) is 0 Å². The van der Waals surface area contributed by atoms with Crippen molar-refractivity contribution in [1.82, 2.24) is 10.2 Å². The molecule has 0 spiro atoms. The minimum Gasteiger partial charge on any atom is -0.314 e. The predicted octanol–water partition coefficient (Wildman–Crippen LogP) is 1.47. The summed E-state index contributed by atoms with van der Waals surface area (Å²) in [5.74, 6) is 0. The lowest BCUT2D eigenvalue weighted by molar-refractivity contribution is 0.151. The van der Waals surface area contributed by atoms with Gasteiger partial charge in [-0.15, -0.1) is 0 Å². The predicted molar refractivity (Wildman–Crippen MR) is 55.9 cm³/mol. The van der Waals surface area contributed by atoms with Crippen LogP contribution >= 0.6 is 0 Å². The first kappa shape index (κ1) is 9.47. The second-order valence-corrected chi connectivity index (χ2v) is 4.74. The van der Waals surface area contributed by atoms with E-state index in [-0.39, 0.29) is 0 Å². The summed E-state index contributed by atoms with van der Waals surface area (Å²) >= 11 is 0. The van der Waals surface area contributed by atoms with Crippen molar-refractivity contribution < 1.29 is 0 Å². The van der Waals surface area contributed by atoms with Crippen LogP contribution in [0.5, 0.6) is 0 Å². The molecular weight excluding hydrogens is 160 g/mol. The molecule has 0 unspecified atom stereocenters. The molecule has 2 rings (SSSR count). The van der Waals surface area contributed by atoms with E-state index in [0.29, 0.717) is 5.41 Å². The SMILES string of the molecule is CCC1(CC)CCN(C2CNC2)C1. The Kier molecular flexibility index (Phi) is 2.61. The highest BCUT2D eigenvalue weighted by molar-refractivity contribution is 4.94. The second-order valence-electron chi connectivity index (χ2n) is 4.74. The van der Waals surface area contributed by atoms with Gasteiger partial charge in [0.05, 0.1) is 0 Å². The highest BCUT2D eigenvalue weighted by atomic mass is 15.3. The average Bonchev–Trinajstić information content (AvgIpc) is 2.47. The highest BCUT2D eigenvalue weighted by Crippen LogP contribution is 2.37. The van der Waals surface area contributed by atoms with Gasteiger partial charge in [0.15, 0.2) is 0 Å². The molecule has 2 nitrogen and oxygen atoms in total. The first-order valence-electron chi connectivity index (χ1n) is 5.74. The third-order valence-electron chi connectivity index (χ3n) is 4.24. The summed E-state index contributed by atoms with van der Waals surface area (Å²) < 4.78 is 0. The molecule has 2 saturated heterocycles. The fourth-order valence-corrected chi connectivity index (χ4v) is 2.64. The van der Waals surface area contributed by atoms with Crippen LogP contribution in [-0.4, -0.2) is 37.1 Å². The van der Waals surface area contributed by atoms with Gasteiger partial charge in [-0.1, -0.05) is 13.8 Å². The summed E-state index contributed by atoms with van der Waals surface area (Å²) in [6, 6.07) is 0.861. The van der Waals surface area contributed by atoms with E-state index in [1.165, 1.54) is 45.4 Å². The van der Waals surface area contributed by atoms with Crippen molar-refractivity contribution in [2.45, 2.75) is 39.2 Å². The Labute approximate surface area is 81.7 Å². The Bertz CT molecular complexity index is 171. The summed E-state index contributed by atoms with van der Waals surface area (Å²) in [6.45, 7) is 9.85. The maximum absolute atomic E-state index is 3.36. The fraction of sp³-hybridized carbons (Fsp3) is 1.00. The highest BCUT2D eigenvalue weighted by Gasteiger charge is 2.38. The minimum atomic E-state index is 0.662. The molecule has 0 aromatic heterocycles. The van der Waals surface area contributed by atoms with Crippen LogP contribution in [0.4, 0.5) is 0 Å². The molecule has 0 saturated carbocycles. The van der Waals surface area contributed by atoms with Crippen molar-refractivity contribution in [3.05, 3.63) is 0 Å². The van der Waals surface area contributed by atoms with E-state index in [0.717, 1.165) is 6.04 Å². The van der Waals surface area contributed by atoms with Crippen LogP contribution in [0.3, 0.4) is 0 Å².